The van der Waals surface area contributed by atoms with Crippen LogP contribution in [-0.2, 0) is 20.9 Å². The number of hydrogen-bond donors (Lipinski definition) is 2. The zero-order valence-corrected chi connectivity index (χ0v) is 21.3. The Morgan fingerprint density at radius 1 is 1.14 bits per heavy atom. The first-order chi connectivity index (χ1) is 16.3. The maximum absolute atomic E-state index is 13.6. The second-order valence-electron chi connectivity index (χ2n) is 10.1. The zero-order chi connectivity index (χ0) is 27.1. The maximum Gasteiger partial charge on any atom is 0.416 e. The van der Waals surface area contributed by atoms with Crippen LogP contribution < -0.4 is 14.4 Å². The highest BCUT2D eigenvalue weighted by Crippen LogP contribution is 2.41. The van der Waals surface area contributed by atoms with E-state index in [1.54, 1.807) is 20.8 Å². The summed E-state index contributed by atoms with van der Waals surface area (Å²) in [6.07, 6.45) is -6.24. The van der Waals surface area contributed by atoms with Gasteiger partial charge in [-0.1, -0.05) is 6.07 Å². The third-order valence-electron chi connectivity index (χ3n) is 5.01. The van der Waals surface area contributed by atoms with Crippen molar-refractivity contribution in [3.05, 3.63) is 48.0 Å². The van der Waals surface area contributed by atoms with Crippen molar-refractivity contribution in [3.63, 3.8) is 0 Å². The Bertz CT molecular complexity index is 1230. The van der Waals surface area contributed by atoms with Crippen LogP contribution in [0.1, 0.15) is 46.6 Å². The average molecular weight is 531 g/mol. The van der Waals surface area contributed by atoms with Crippen LogP contribution >= 0.6 is 0 Å². The van der Waals surface area contributed by atoms with E-state index in [9.17, 15) is 31.5 Å². The van der Waals surface area contributed by atoms with Crippen LogP contribution in [0.3, 0.4) is 0 Å². The molecule has 0 spiro atoms. The lowest BCUT2D eigenvalue weighted by Gasteiger charge is -2.37. The Labute approximate surface area is 208 Å². The molecule has 0 unspecified atom stereocenters. The Morgan fingerprint density at radius 3 is 2.39 bits per heavy atom. The number of halogens is 3. The molecule has 3 rings (SSSR count). The largest absolute Gasteiger partial charge is 0.486 e. The van der Waals surface area contributed by atoms with Gasteiger partial charge in [0.1, 0.15) is 17.5 Å². The number of alkyl halides is 3. The summed E-state index contributed by atoms with van der Waals surface area (Å²) >= 11 is 0. The van der Waals surface area contributed by atoms with Crippen LogP contribution in [0.2, 0.25) is 0 Å². The van der Waals surface area contributed by atoms with Crippen LogP contribution in [0.15, 0.2) is 47.4 Å². The Kier molecular flexibility index (Phi) is 7.26. The summed E-state index contributed by atoms with van der Waals surface area (Å²) in [6.45, 7) is 7.83. The molecule has 198 valence electrons. The molecule has 8 nitrogen and oxygen atoms in total. The maximum atomic E-state index is 13.6. The topological polar surface area (TPSA) is 105 Å². The molecule has 2 N–H and O–H groups in total. The standard InChI is InChI=1S/C24H29F3N2O6S/c1-22(2,3)35-21(30)28-16-9-10-20-19(12-16)29(14-17(34-20)13-23(4,5)31)36(32,33)18-8-6-7-15(11-18)24(25,26)27/h6-12,17,31H,13-14H2,1-5H3,(H,28,30)/t17-/m0/s1. The zero-order valence-electron chi connectivity index (χ0n) is 20.5. The predicted molar refractivity (Wildman–Crippen MR) is 128 cm³/mol. The van der Waals surface area contributed by atoms with Crippen molar-refractivity contribution in [2.75, 3.05) is 16.2 Å². The van der Waals surface area contributed by atoms with Crippen molar-refractivity contribution in [1.82, 2.24) is 0 Å². The molecule has 1 aliphatic heterocycles. The molecule has 0 bridgehead atoms. The number of aliphatic hydroxyl groups is 1. The lowest BCUT2D eigenvalue weighted by atomic mass is 10.00. The van der Waals surface area contributed by atoms with Gasteiger partial charge in [0.05, 0.1) is 28.3 Å². The number of nitrogens with one attached hydrogen (secondary N) is 1. The number of rotatable bonds is 5. The van der Waals surface area contributed by atoms with E-state index < -0.39 is 50.1 Å². The second-order valence-corrected chi connectivity index (χ2v) is 12.0. The molecular formula is C24H29F3N2O6S. The monoisotopic (exact) mass is 530 g/mol. The molecule has 1 amide bonds. The van der Waals surface area contributed by atoms with E-state index in [-0.39, 0.29) is 30.1 Å². The lowest BCUT2D eigenvalue weighted by molar-refractivity contribution is -0.137. The Balaban J connectivity index is 2.05. The molecule has 0 radical (unpaired) electrons. The van der Waals surface area contributed by atoms with E-state index in [1.807, 2.05) is 0 Å². The third kappa shape index (κ3) is 6.82. The Hall–Kier alpha value is -2.99. The number of benzene rings is 2. The van der Waals surface area contributed by atoms with E-state index in [1.165, 1.54) is 32.0 Å². The minimum absolute atomic E-state index is 0.0213. The van der Waals surface area contributed by atoms with Crippen molar-refractivity contribution >= 4 is 27.5 Å². The normalized spacial score (nSPS) is 16.7. The van der Waals surface area contributed by atoms with E-state index in [0.29, 0.717) is 6.07 Å². The van der Waals surface area contributed by atoms with Gasteiger partial charge in [-0.2, -0.15) is 13.2 Å². The fourth-order valence-corrected chi connectivity index (χ4v) is 5.21. The van der Waals surface area contributed by atoms with E-state index >= 15 is 0 Å². The van der Waals surface area contributed by atoms with Crippen molar-refractivity contribution in [2.24, 2.45) is 0 Å². The van der Waals surface area contributed by atoms with Gasteiger partial charge in [0.2, 0.25) is 0 Å². The van der Waals surface area contributed by atoms with Crippen LogP contribution in [-0.4, -0.2) is 43.5 Å². The van der Waals surface area contributed by atoms with Crippen LogP contribution in [0, 0.1) is 0 Å². The van der Waals surface area contributed by atoms with Crippen molar-refractivity contribution < 1.29 is 41.0 Å². The highest BCUT2D eigenvalue weighted by Gasteiger charge is 2.38. The fourth-order valence-electron chi connectivity index (χ4n) is 3.66. The molecule has 2 aromatic rings. The first-order valence-corrected chi connectivity index (χ1v) is 12.5. The van der Waals surface area contributed by atoms with Gasteiger partial charge < -0.3 is 14.6 Å². The molecule has 0 fully saturated rings. The molecule has 2 aromatic carbocycles. The summed E-state index contributed by atoms with van der Waals surface area (Å²) in [6, 6.07) is 7.70. The van der Waals surface area contributed by atoms with Crippen LogP contribution in [0.5, 0.6) is 5.75 Å². The third-order valence-corrected chi connectivity index (χ3v) is 6.79. The summed E-state index contributed by atoms with van der Waals surface area (Å²) in [5, 5.41) is 12.8. The van der Waals surface area contributed by atoms with E-state index in [4.69, 9.17) is 9.47 Å². The quantitative estimate of drug-likeness (QED) is 0.553. The van der Waals surface area contributed by atoms with E-state index in [0.717, 1.165) is 22.5 Å². The van der Waals surface area contributed by atoms with Gasteiger partial charge in [0.25, 0.3) is 10.0 Å². The first-order valence-electron chi connectivity index (χ1n) is 11.1. The first kappa shape index (κ1) is 27.6. The minimum Gasteiger partial charge on any atom is -0.486 e. The summed E-state index contributed by atoms with van der Waals surface area (Å²) in [7, 11) is -4.49. The van der Waals surface area contributed by atoms with Gasteiger partial charge in [0, 0.05) is 12.1 Å². The number of anilines is 2. The van der Waals surface area contributed by atoms with Crippen molar-refractivity contribution in [1.29, 1.82) is 0 Å². The Morgan fingerprint density at radius 2 is 1.81 bits per heavy atom. The fraction of sp³-hybridized carbons (Fsp3) is 0.458. The number of sulfonamides is 1. The van der Waals surface area contributed by atoms with Gasteiger partial charge >= 0.3 is 12.3 Å². The molecule has 0 aliphatic carbocycles. The molecule has 0 saturated heterocycles. The number of hydrogen-bond acceptors (Lipinski definition) is 6. The lowest BCUT2D eigenvalue weighted by Crippen LogP contribution is -2.46. The van der Waals surface area contributed by atoms with Gasteiger partial charge in [-0.15, -0.1) is 0 Å². The van der Waals surface area contributed by atoms with Gasteiger partial charge in [-0.05, 0) is 71.0 Å². The average Bonchev–Trinajstić information content (AvgIpc) is 2.70. The SMILES string of the molecule is CC(C)(O)C[C@H]1CN(S(=O)(=O)c2cccc(C(F)(F)F)c2)c2cc(NC(=O)OC(C)(C)C)ccc2O1. The predicted octanol–water partition coefficient (Wildman–Crippen LogP) is 5.17. The van der Waals surface area contributed by atoms with Crippen molar-refractivity contribution in [2.45, 2.75) is 69.4 Å². The van der Waals surface area contributed by atoms with Gasteiger partial charge in [-0.25, -0.2) is 13.2 Å². The van der Waals surface area contributed by atoms with Gasteiger partial charge in [0.15, 0.2) is 0 Å². The number of carbonyl (C=O) groups is 1. The molecule has 1 atom stereocenters. The molecule has 0 saturated carbocycles. The summed E-state index contributed by atoms with van der Waals surface area (Å²) in [4.78, 5) is 11.6. The minimum atomic E-state index is -4.73. The van der Waals surface area contributed by atoms with E-state index in [2.05, 4.69) is 5.32 Å². The summed E-state index contributed by atoms with van der Waals surface area (Å²) in [5.41, 5.74) is -2.87. The number of fused-ring (bicyclic) bond motifs is 1. The number of nitrogens with zero attached hydrogens (tertiary/aromatic N) is 1. The molecular weight excluding hydrogens is 501 g/mol. The highest BCUT2D eigenvalue weighted by atomic mass is 32.2. The van der Waals surface area contributed by atoms with Gasteiger partial charge in [-0.3, -0.25) is 9.62 Å². The molecule has 1 aliphatic rings. The van der Waals surface area contributed by atoms with Crippen molar-refractivity contribution in [3.8, 4) is 5.75 Å². The molecule has 12 heteroatoms. The van der Waals surface area contributed by atoms with Crippen LogP contribution in [0.25, 0.3) is 0 Å². The number of ether oxygens (including phenoxy) is 2. The second kappa shape index (κ2) is 9.47. The molecule has 1 heterocycles. The molecule has 0 aromatic heterocycles. The number of carbonyl (C=O) groups excluding carboxylic acids is 1. The summed E-state index contributed by atoms with van der Waals surface area (Å²) in [5.74, 6) is 0.126. The number of amides is 1. The van der Waals surface area contributed by atoms with Crippen LogP contribution in [0.4, 0.5) is 29.3 Å². The molecule has 36 heavy (non-hydrogen) atoms. The smallest absolute Gasteiger partial charge is 0.416 e. The summed E-state index contributed by atoms with van der Waals surface area (Å²) < 4.78 is 79.0. The highest BCUT2D eigenvalue weighted by molar-refractivity contribution is 7.92.